The van der Waals surface area contributed by atoms with Gasteiger partial charge in [0.15, 0.2) is 0 Å². The number of aromatic nitrogens is 1. The van der Waals surface area contributed by atoms with Gasteiger partial charge in [-0.05, 0) is 54.8 Å². The monoisotopic (exact) mass is 284 g/mol. The molecule has 0 aliphatic heterocycles. The van der Waals surface area contributed by atoms with Gasteiger partial charge in [0.05, 0.1) is 12.6 Å². The lowest BCUT2D eigenvalue weighted by atomic mass is 9.96. The molecule has 0 aliphatic rings. The number of hydrogen-bond acceptors (Lipinski definition) is 3. The zero-order valence-electron chi connectivity index (χ0n) is 13.1. The van der Waals surface area contributed by atoms with Crippen molar-refractivity contribution in [2.75, 3.05) is 13.2 Å². The Balaban J connectivity index is 2.32. The standard InChI is InChI=1S/C18H24N2O/c1-4-11-21-16-8-6-7-15(12-16)18(20-5-2)17-13-19-10-9-14(17)3/h6-10,12-13,18,20H,4-5,11H2,1-3H3. The summed E-state index contributed by atoms with van der Waals surface area (Å²) in [6.07, 6.45) is 4.80. The smallest absolute Gasteiger partial charge is 0.119 e. The van der Waals surface area contributed by atoms with Gasteiger partial charge in [-0.25, -0.2) is 0 Å². The Labute approximate surface area is 127 Å². The highest BCUT2D eigenvalue weighted by molar-refractivity contribution is 5.38. The summed E-state index contributed by atoms with van der Waals surface area (Å²) in [6, 6.07) is 10.5. The van der Waals surface area contributed by atoms with Crippen molar-refractivity contribution in [1.29, 1.82) is 0 Å². The third kappa shape index (κ3) is 4.05. The minimum absolute atomic E-state index is 0.147. The topological polar surface area (TPSA) is 34.1 Å². The number of ether oxygens (including phenoxy) is 1. The average molecular weight is 284 g/mol. The Bertz CT molecular complexity index is 569. The summed E-state index contributed by atoms with van der Waals surface area (Å²) in [5.41, 5.74) is 3.67. The molecule has 2 rings (SSSR count). The largest absolute Gasteiger partial charge is 0.494 e. The summed E-state index contributed by atoms with van der Waals surface area (Å²) in [6.45, 7) is 8.01. The van der Waals surface area contributed by atoms with Gasteiger partial charge in [-0.3, -0.25) is 4.98 Å². The summed E-state index contributed by atoms with van der Waals surface area (Å²) < 4.78 is 5.75. The van der Waals surface area contributed by atoms with E-state index >= 15 is 0 Å². The first-order valence-electron chi connectivity index (χ1n) is 7.63. The third-order valence-corrected chi connectivity index (χ3v) is 3.46. The van der Waals surface area contributed by atoms with Crippen LogP contribution in [0.4, 0.5) is 0 Å². The van der Waals surface area contributed by atoms with E-state index in [1.54, 1.807) is 0 Å². The molecule has 1 unspecified atom stereocenters. The summed E-state index contributed by atoms with van der Waals surface area (Å²) in [7, 11) is 0. The van der Waals surface area contributed by atoms with E-state index in [1.165, 1.54) is 16.7 Å². The van der Waals surface area contributed by atoms with Crippen LogP contribution < -0.4 is 10.1 Å². The lowest BCUT2D eigenvalue weighted by molar-refractivity contribution is 0.317. The molecule has 3 heteroatoms. The van der Waals surface area contributed by atoms with Gasteiger partial charge >= 0.3 is 0 Å². The maximum Gasteiger partial charge on any atom is 0.119 e. The molecular formula is C18H24N2O. The van der Waals surface area contributed by atoms with Crippen LogP contribution in [0.3, 0.4) is 0 Å². The number of nitrogens with one attached hydrogen (secondary N) is 1. The SMILES string of the molecule is CCCOc1cccc(C(NCC)c2cnccc2C)c1. The van der Waals surface area contributed by atoms with Crippen molar-refractivity contribution in [3.63, 3.8) is 0 Å². The first-order chi connectivity index (χ1) is 10.3. The molecule has 3 nitrogen and oxygen atoms in total. The minimum Gasteiger partial charge on any atom is -0.494 e. The van der Waals surface area contributed by atoms with Crippen LogP contribution in [0.2, 0.25) is 0 Å². The normalized spacial score (nSPS) is 12.1. The van der Waals surface area contributed by atoms with E-state index < -0.39 is 0 Å². The first-order valence-corrected chi connectivity index (χ1v) is 7.63. The van der Waals surface area contributed by atoms with Crippen LogP contribution in [0.1, 0.15) is 43.0 Å². The van der Waals surface area contributed by atoms with Crippen LogP contribution in [-0.4, -0.2) is 18.1 Å². The van der Waals surface area contributed by atoms with E-state index in [9.17, 15) is 0 Å². The van der Waals surface area contributed by atoms with Gasteiger partial charge in [0.1, 0.15) is 5.75 Å². The zero-order valence-corrected chi connectivity index (χ0v) is 13.1. The fourth-order valence-electron chi connectivity index (χ4n) is 2.39. The van der Waals surface area contributed by atoms with Crippen LogP contribution in [-0.2, 0) is 0 Å². The number of nitrogens with zero attached hydrogens (tertiary/aromatic N) is 1. The van der Waals surface area contributed by atoms with Crippen molar-refractivity contribution in [2.24, 2.45) is 0 Å². The lowest BCUT2D eigenvalue weighted by Gasteiger charge is -2.21. The van der Waals surface area contributed by atoms with Crippen molar-refractivity contribution in [3.8, 4) is 5.75 Å². The predicted octanol–water partition coefficient (Wildman–Crippen LogP) is 3.88. The maximum atomic E-state index is 5.75. The molecule has 112 valence electrons. The van der Waals surface area contributed by atoms with Gasteiger partial charge in [-0.2, -0.15) is 0 Å². The molecule has 1 N–H and O–H groups in total. The Kier molecular flexibility index (Phi) is 5.76. The van der Waals surface area contributed by atoms with E-state index in [4.69, 9.17) is 4.74 Å². The quantitative estimate of drug-likeness (QED) is 0.838. The van der Waals surface area contributed by atoms with Crippen LogP contribution in [0.15, 0.2) is 42.7 Å². The molecule has 0 amide bonds. The maximum absolute atomic E-state index is 5.75. The van der Waals surface area contributed by atoms with Gasteiger partial charge in [-0.15, -0.1) is 0 Å². The molecular weight excluding hydrogens is 260 g/mol. The van der Waals surface area contributed by atoms with Gasteiger partial charge < -0.3 is 10.1 Å². The number of aryl methyl sites for hydroxylation is 1. The fraction of sp³-hybridized carbons (Fsp3) is 0.389. The molecule has 0 aliphatic carbocycles. The van der Waals surface area contributed by atoms with Crippen LogP contribution in [0, 0.1) is 6.92 Å². The number of benzene rings is 1. The van der Waals surface area contributed by atoms with E-state index in [0.717, 1.165) is 25.3 Å². The number of hydrogen-bond donors (Lipinski definition) is 1. The molecule has 0 spiro atoms. The molecule has 0 saturated carbocycles. The Morgan fingerprint density at radius 1 is 1.24 bits per heavy atom. The second-order valence-electron chi connectivity index (χ2n) is 5.14. The summed E-state index contributed by atoms with van der Waals surface area (Å²) in [5, 5.41) is 3.54. The van der Waals surface area contributed by atoms with Crippen LogP contribution in [0.25, 0.3) is 0 Å². The van der Waals surface area contributed by atoms with Crippen molar-refractivity contribution < 1.29 is 4.74 Å². The van der Waals surface area contributed by atoms with Gasteiger partial charge in [0, 0.05) is 12.4 Å². The highest BCUT2D eigenvalue weighted by Crippen LogP contribution is 2.26. The van der Waals surface area contributed by atoms with Gasteiger partial charge in [-0.1, -0.05) is 26.0 Å². The second kappa shape index (κ2) is 7.79. The van der Waals surface area contributed by atoms with Gasteiger partial charge in [0.2, 0.25) is 0 Å². The highest BCUT2D eigenvalue weighted by Gasteiger charge is 2.15. The molecule has 0 fully saturated rings. The van der Waals surface area contributed by atoms with Crippen molar-refractivity contribution in [1.82, 2.24) is 10.3 Å². The highest BCUT2D eigenvalue weighted by atomic mass is 16.5. The molecule has 1 aromatic heterocycles. The number of rotatable bonds is 7. The lowest BCUT2D eigenvalue weighted by Crippen LogP contribution is -2.23. The molecule has 1 atom stereocenters. The molecule has 0 bridgehead atoms. The number of pyridine rings is 1. The molecule has 0 radical (unpaired) electrons. The predicted molar refractivity (Wildman–Crippen MR) is 86.7 cm³/mol. The van der Waals surface area contributed by atoms with Crippen molar-refractivity contribution in [2.45, 2.75) is 33.2 Å². The molecule has 0 saturated heterocycles. The van der Waals surface area contributed by atoms with Crippen molar-refractivity contribution >= 4 is 0 Å². The Morgan fingerprint density at radius 3 is 2.81 bits per heavy atom. The second-order valence-corrected chi connectivity index (χ2v) is 5.14. The first kappa shape index (κ1) is 15.5. The van der Waals surface area contributed by atoms with E-state index in [2.05, 4.69) is 55.3 Å². The summed E-state index contributed by atoms with van der Waals surface area (Å²) >= 11 is 0. The molecule has 2 aromatic rings. The zero-order chi connectivity index (χ0) is 15.1. The van der Waals surface area contributed by atoms with Crippen LogP contribution >= 0.6 is 0 Å². The Morgan fingerprint density at radius 2 is 2.10 bits per heavy atom. The Hall–Kier alpha value is -1.87. The molecule has 1 heterocycles. The third-order valence-electron chi connectivity index (χ3n) is 3.46. The fourth-order valence-corrected chi connectivity index (χ4v) is 2.39. The molecule has 1 aromatic carbocycles. The minimum atomic E-state index is 0.147. The summed E-state index contributed by atoms with van der Waals surface area (Å²) in [5.74, 6) is 0.929. The average Bonchev–Trinajstić information content (AvgIpc) is 2.52. The van der Waals surface area contributed by atoms with Crippen molar-refractivity contribution in [3.05, 3.63) is 59.4 Å². The van der Waals surface area contributed by atoms with Crippen LogP contribution in [0.5, 0.6) is 5.75 Å². The van der Waals surface area contributed by atoms with E-state index in [-0.39, 0.29) is 6.04 Å². The molecule has 21 heavy (non-hydrogen) atoms. The summed E-state index contributed by atoms with van der Waals surface area (Å²) in [4.78, 5) is 4.27. The van der Waals surface area contributed by atoms with Gasteiger partial charge in [0.25, 0.3) is 0 Å². The van der Waals surface area contributed by atoms with E-state index in [0.29, 0.717) is 0 Å². The van der Waals surface area contributed by atoms with E-state index in [1.807, 2.05) is 18.5 Å².